The van der Waals surface area contributed by atoms with Crippen molar-refractivity contribution < 1.29 is 4.74 Å². The average molecular weight is 281 g/mol. The lowest BCUT2D eigenvalue weighted by atomic mass is 10.1. The van der Waals surface area contributed by atoms with Gasteiger partial charge in [0.1, 0.15) is 18.4 Å². The topological polar surface area (TPSA) is 48.3 Å². The van der Waals surface area contributed by atoms with E-state index in [-0.39, 0.29) is 6.04 Å². The molecule has 0 aliphatic carbocycles. The number of benzene rings is 2. The van der Waals surface area contributed by atoms with Crippen LogP contribution in [0.2, 0.25) is 0 Å². The molecule has 1 aliphatic heterocycles. The number of rotatable bonds is 4. The molecule has 1 aliphatic rings. The van der Waals surface area contributed by atoms with Crippen LogP contribution < -0.4 is 10.1 Å². The van der Waals surface area contributed by atoms with Gasteiger partial charge in [-0.3, -0.25) is 4.90 Å². The summed E-state index contributed by atoms with van der Waals surface area (Å²) in [5.41, 5.74) is 0. The van der Waals surface area contributed by atoms with Crippen LogP contribution in [0.25, 0.3) is 10.8 Å². The smallest absolute Gasteiger partial charge is 0.120 e. The summed E-state index contributed by atoms with van der Waals surface area (Å²) < 4.78 is 5.84. The van der Waals surface area contributed by atoms with Gasteiger partial charge in [0.05, 0.1) is 6.07 Å². The van der Waals surface area contributed by atoms with Gasteiger partial charge < -0.3 is 10.1 Å². The van der Waals surface area contributed by atoms with Gasteiger partial charge in [0, 0.05) is 26.2 Å². The van der Waals surface area contributed by atoms with E-state index in [9.17, 15) is 0 Å². The van der Waals surface area contributed by atoms with Crippen molar-refractivity contribution in [1.82, 2.24) is 10.2 Å². The largest absolute Gasteiger partial charge is 0.492 e. The van der Waals surface area contributed by atoms with E-state index in [2.05, 4.69) is 40.6 Å². The first kappa shape index (κ1) is 13.9. The van der Waals surface area contributed by atoms with Crippen LogP contribution in [0.1, 0.15) is 0 Å². The number of piperazine rings is 1. The van der Waals surface area contributed by atoms with E-state index < -0.39 is 0 Å². The van der Waals surface area contributed by atoms with Crippen molar-refractivity contribution in [3.05, 3.63) is 42.5 Å². The van der Waals surface area contributed by atoms with E-state index in [0.29, 0.717) is 6.61 Å². The first-order chi connectivity index (χ1) is 10.4. The lowest BCUT2D eigenvalue weighted by molar-refractivity contribution is 0.161. The molecule has 1 saturated heterocycles. The Hall–Kier alpha value is -2.09. The van der Waals surface area contributed by atoms with Crippen LogP contribution in [0, 0.1) is 11.3 Å². The van der Waals surface area contributed by atoms with Crippen molar-refractivity contribution in [3.63, 3.8) is 0 Å². The second kappa shape index (κ2) is 6.57. The monoisotopic (exact) mass is 281 g/mol. The van der Waals surface area contributed by atoms with Gasteiger partial charge in [-0.25, -0.2) is 0 Å². The SMILES string of the molecule is N#CC1CNCCN1CCOc1ccc2ccccc2c1. The molecule has 21 heavy (non-hydrogen) atoms. The molecule has 0 bridgehead atoms. The molecule has 108 valence electrons. The maximum absolute atomic E-state index is 9.12. The van der Waals surface area contributed by atoms with Gasteiger partial charge in [-0.15, -0.1) is 0 Å². The van der Waals surface area contributed by atoms with E-state index in [0.717, 1.165) is 31.9 Å². The van der Waals surface area contributed by atoms with Crippen LogP contribution in [0.4, 0.5) is 0 Å². The molecule has 2 aromatic rings. The molecule has 0 spiro atoms. The Bertz CT molecular complexity index is 650. The standard InChI is InChI=1S/C17H19N3O/c18-12-16-13-19-7-8-20(16)9-10-21-17-6-5-14-3-1-2-4-15(14)11-17/h1-6,11,16,19H,7-10,13H2. The van der Waals surface area contributed by atoms with Crippen LogP contribution in [0.3, 0.4) is 0 Å². The van der Waals surface area contributed by atoms with Crippen molar-refractivity contribution in [2.24, 2.45) is 0 Å². The van der Waals surface area contributed by atoms with Gasteiger partial charge in [0.2, 0.25) is 0 Å². The summed E-state index contributed by atoms with van der Waals surface area (Å²) in [6.45, 7) is 3.98. The van der Waals surface area contributed by atoms with Crippen LogP contribution in [0.15, 0.2) is 42.5 Å². The molecular formula is C17H19N3O. The highest BCUT2D eigenvalue weighted by Crippen LogP contribution is 2.20. The minimum absolute atomic E-state index is 0.0426. The molecule has 4 nitrogen and oxygen atoms in total. The van der Waals surface area contributed by atoms with Gasteiger partial charge in [-0.1, -0.05) is 30.3 Å². The Kier molecular flexibility index (Phi) is 4.34. The first-order valence-electron chi connectivity index (χ1n) is 7.33. The maximum atomic E-state index is 9.12. The number of ether oxygens (including phenoxy) is 1. The fraction of sp³-hybridized carbons (Fsp3) is 0.353. The maximum Gasteiger partial charge on any atom is 0.120 e. The predicted molar refractivity (Wildman–Crippen MR) is 83.3 cm³/mol. The van der Waals surface area contributed by atoms with Crippen molar-refractivity contribution >= 4 is 10.8 Å². The zero-order valence-electron chi connectivity index (χ0n) is 12.0. The summed E-state index contributed by atoms with van der Waals surface area (Å²) in [7, 11) is 0. The van der Waals surface area contributed by atoms with E-state index in [1.165, 1.54) is 10.8 Å². The van der Waals surface area contributed by atoms with Crippen LogP contribution in [-0.2, 0) is 0 Å². The summed E-state index contributed by atoms with van der Waals surface area (Å²) in [6, 6.07) is 16.7. The number of nitriles is 1. The number of hydrogen-bond acceptors (Lipinski definition) is 4. The molecule has 0 amide bonds. The minimum atomic E-state index is -0.0426. The summed E-state index contributed by atoms with van der Waals surface area (Å²) in [4.78, 5) is 2.18. The number of nitrogens with one attached hydrogen (secondary N) is 1. The summed E-state index contributed by atoms with van der Waals surface area (Å²) >= 11 is 0. The average Bonchev–Trinajstić information content (AvgIpc) is 2.55. The Balaban J connectivity index is 1.57. The highest BCUT2D eigenvalue weighted by Gasteiger charge is 2.21. The van der Waals surface area contributed by atoms with Gasteiger partial charge >= 0.3 is 0 Å². The summed E-state index contributed by atoms with van der Waals surface area (Å²) in [5.74, 6) is 0.886. The van der Waals surface area contributed by atoms with E-state index in [1.807, 2.05) is 18.2 Å². The third-order valence-corrected chi connectivity index (χ3v) is 3.87. The quantitative estimate of drug-likeness (QED) is 0.931. The van der Waals surface area contributed by atoms with Gasteiger partial charge in [0.25, 0.3) is 0 Å². The fourth-order valence-corrected chi connectivity index (χ4v) is 2.68. The Morgan fingerprint density at radius 3 is 2.95 bits per heavy atom. The zero-order chi connectivity index (χ0) is 14.5. The highest BCUT2D eigenvalue weighted by atomic mass is 16.5. The number of fused-ring (bicyclic) bond motifs is 1. The second-order valence-corrected chi connectivity index (χ2v) is 5.24. The van der Waals surface area contributed by atoms with E-state index in [1.54, 1.807) is 0 Å². The molecule has 0 saturated carbocycles. The van der Waals surface area contributed by atoms with Crippen molar-refractivity contribution in [3.8, 4) is 11.8 Å². The molecular weight excluding hydrogens is 262 g/mol. The first-order valence-corrected chi connectivity index (χ1v) is 7.33. The highest BCUT2D eigenvalue weighted by molar-refractivity contribution is 5.83. The van der Waals surface area contributed by atoms with Gasteiger partial charge in [-0.2, -0.15) is 5.26 Å². The van der Waals surface area contributed by atoms with E-state index >= 15 is 0 Å². The Morgan fingerprint density at radius 2 is 2.10 bits per heavy atom. The molecule has 4 heteroatoms. The minimum Gasteiger partial charge on any atom is -0.492 e. The zero-order valence-corrected chi connectivity index (χ0v) is 12.0. The number of nitrogens with zero attached hydrogens (tertiary/aromatic N) is 2. The Morgan fingerprint density at radius 1 is 1.24 bits per heavy atom. The van der Waals surface area contributed by atoms with E-state index in [4.69, 9.17) is 10.00 Å². The summed E-state index contributed by atoms with van der Waals surface area (Å²) in [6.07, 6.45) is 0. The molecule has 1 heterocycles. The lowest BCUT2D eigenvalue weighted by Gasteiger charge is -2.31. The molecule has 0 radical (unpaired) electrons. The fourth-order valence-electron chi connectivity index (χ4n) is 2.68. The van der Waals surface area contributed by atoms with Gasteiger partial charge in [-0.05, 0) is 22.9 Å². The normalized spacial score (nSPS) is 19.3. The molecule has 0 aromatic heterocycles. The summed E-state index contributed by atoms with van der Waals surface area (Å²) in [5, 5.41) is 14.8. The lowest BCUT2D eigenvalue weighted by Crippen LogP contribution is -2.51. The van der Waals surface area contributed by atoms with Crippen LogP contribution in [0.5, 0.6) is 5.75 Å². The number of hydrogen-bond donors (Lipinski definition) is 1. The van der Waals surface area contributed by atoms with Gasteiger partial charge in [0.15, 0.2) is 0 Å². The van der Waals surface area contributed by atoms with Crippen LogP contribution in [-0.4, -0.2) is 43.7 Å². The second-order valence-electron chi connectivity index (χ2n) is 5.24. The molecule has 1 fully saturated rings. The predicted octanol–water partition coefficient (Wildman–Crippen LogP) is 2.02. The molecule has 1 atom stereocenters. The molecule has 3 rings (SSSR count). The molecule has 1 N–H and O–H groups in total. The van der Waals surface area contributed by atoms with Crippen LogP contribution >= 0.6 is 0 Å². The molecule has 1 unspecified atom stereocenters. The third-order valence-electron chi connectivity index (χ3n) is 3.87. The third kappa shape index (κ3) is 3.33. The van der Waals surface area contributed by atoms with Crippen molar-refractivity contribution in [1.29, 1.82) is 5.26 Å². The van der Waals surface area contributed by atoms with Crippen molar-refractivity contribution in [2.45, 2.75) is 6.04 Å². The Labute approximate surface area is 124 Å². The van der Waals surface area contributed by atoms with Crippen molar-refractivity contribution in [2.75, 3.05) is 32.8 Å². The molecule has 2 aromatic carbocycles.